The third kappa shape index (κ3) is 3.70. The average Bonchev–Trinajstić information content (AvgIpc) is 2.35. The Hall–Kier alpha value is -2.22. The van der Waals surface area contributed by atoms with Crippen molar-refractivity contribution in [1.29, 1.82) is 0 Å². The molecule has 0 atom stereocenters. The minimum Gasteiger partial charge on any atom is -0.383 e. The van der Waals surface area contributed by atoms with Crippen molar-refractivity contribution in [2.24, 2.45) is 5.41 Å². The summed E-state index contributed by atoms with van der Waals surface area (Å²) in [5.74, 6) is -0.107. The molecule has 0 saturated heterocycles. The highest BCUT2D eigenvalue weighted by atomic mass is 32.2. The van der Waals surface area contributed by atoms with Crippen molar-refractivity contribution in [3.8, 4) is 0 Å². The molecular weight excluding hydrogens is 310 g/mol. The second kappa shape index (κ2) is 5.53. The number of benzene rings is 1. The molecule has 7 nitrogen and oxygen atoms in total. The number of allylic oxidation sites excluding steroid dienone is 2. The zero-order chi connectivity index (χ0) is 16.5. The Bertz CT molecular complexity index is 746. The first-order valence-corrected chi connectivity index (χ1v) is 7.92. The third-order valence-corrected chi connectivity index (χ3v) is 4.46. The van der Waals surface area contributed by atoms with Crippen molar-refractivity contribution in [2.45, 2.75) is 31.6 Å². The number of non-ortho nitro benzene ring substituents is 1. The van der Waals surface area contributed by atoms with Crippen molar-refractivity contribution in [3.05, 3.63) is 46.2 Å². The van der Waals surface area contributed by atoms with E-state index in [1.165, 1.54) is 6.08 Å². The molecule has 0 N–H and O–H groups in total. The number of ketones is 1. The number of hydrogen-bond acceptors (Lipinski definition) is 6. The molecule has 1 aromatic rings. The Morgan fingerprint density at radius 1 is 1.18 bits per heavy atom. The van der Waals surface area contributed by atoms with E-state index in [2.05, 4.69) is 0 Å². The zero-order valence-electron chi connectivity index (χ0n) is 12.1. The van der Waals surface area contributed by atoms with Crippen LogP contribution in [0, 0.1) is 15.5 Å². The Kier molecular flexibility index (Phi) is 4.06. The van der Waals surface area contributed by atoms with Crippen molar-refractivity contribution in [3.63, 3.8) is 0 Å². The van der Waals surface area contributed by atoms with Gasteiger partial charge in [-0.25, -0.2) is 0 Å². The minimum absolute atomic E-state index is 0.0830. The van der Waals surface area contributed by atoms with Crippen LogP contribution in [0.5, 0.6) is 0 Å². The molecule has 0 saturated carbocycles. The van der Waals surface area contributed by atoms with Crippen molar-refractivity contribution < 1.29 is 22.3 Å². The van der Waals surface area contributed by atoms with Gasteiger partial charge in [0.2, 0.25) is 0 Å². The monoisotopic (exact) mass is 325 g/mol. The maximum atomic E-state index is 12.2. The van der Waals surface area contributed by atoms with Gasteiger partial charge in [0, 0.05) is 31.1 Å². The summed E-state index contributed by atoms with van der Waals surface area (Å²) in [5.41, 5.74) is -0.584. The third-order valence-electron chi connectivity index (χ3n) is 3.18. The van der Waals surface area contributed by atoms with Crippen LogP contribution in [0.25, 0.3) is 0 Å². The maximum Gasteiger partial charge on any atom is 0.338 e. The van der Waals surface area contributed by atoms with E-state index < -0.39 is 15.0 Å². The highest BCUT2D eigenvalue weighted by Gasteiger charge is 2.31. The van der Waals surface area contributed by atoms with Gasteiger partial charge in [0.1, 0.15) is 10.7 Å². The van der Waals surface area contributed by atoms with Crippen LogP contribution in [-0.2, 0) is 19.1 Å². The first-order chi connectivity index (χ1) is 10.1. The summed E-state index contributed by atoms with van der Waals surface area (Å²) in [5, 5.41) is 10.6. The van der Waals surface area contributed by atoms with Gasteiger partial charge >= 0.3 is 10.1 Å². The van der Waals surface area contributed by atoms with Gasteiger partial charge in [-0.2, -0.15) is 8.42 Å². The number of carbonyl (C=O) groups is 1. The summed E-state index contributed by atoms with van der Waals surface area (Å²) in [4.78, 5) is 21.3. The van der Waals surface area contributed by atoms with E-state index in [-0.39, 0.29) is 27.5 Å². The first kappa shape index (κ1) is 16.2. The highest BCUT2D eigenvalue weighted by molar-refractivity contribution is 7.86. The van der Waals surface area contributed by atoms with Crippen LogP contribution in [0.15, 0.2) is 41.0 Å². The average molecular weight is 325 g/mol. The lowest BCUT2D eigenvalue weighted by atomic mass is 9.80. The fourth-order valence-electron chi connectivity index (χ4n) is 2.26. The van der Waals surface area contributed by atoms with E-state index in [9.17, 15) is 23.3 Å². The van der Waals surface area contributed by atoms with E-state index in [0.29, 0.717) is 12.8 Å². The predicted molar refractivity (Wildman–Crippen MR) is 77.5 cm³/mol. The SMILES string of the molecule is CC1(C)CC(=O)C=C(OS(=O)(=O)c2ccc([N+](=O)[O-])cc2)C1. The predicted octanol–water partition coefficient (Wildman–Crippen LogP) is 2.57. The molecule has 0 amide bonds. The number of hydrogen-bond donors (Lipinski definition) is 0. The molecule has 22 heavy (non-hydrogen) atoms. The van der Waals surface area contributed by atoms with Gasteiger partial charge in [-0.3, -0.25) is 14.9 Å². The molecule has 1 aliphatic carbocycles. The summed E-state index contributed by atoms with van der Waals surface area (Å²) < 4.78 is 29.3. The van der Waals surface area contributed by atoms with Crippen LogP contribution in [0.4, 0.5) is 5.69 Å². The van der Waals surface area contributed by atoms with Gasteiger partial charge in [0.15, 0.2) is 5.78 Å². The molecule has 0 fully saturated rings. The normalized spacial score (nSPS) is 17.7. The van der Waals surface area contributed by atoms with E-state index >= 15 is 0 Å². The standard InChI is InChI=1S/C14H15NO6S/c1-14(2)8-11(16)7-12(9-14)21-22(19,20)13-5-3-10(4-6-13)15(17)18/h3-7H,8-9H2,1-2H3. The molecule has 2 rings (SSSR count). The van der Waals surface area contributed by atoms with Gasteiger partial charge in [0.25, 0.3) is 5.69 Å². The Labute approximate surface area is 127 Å². The number of nitro groups is 1. The lowest BCUT2D eigenvalue weighted by molar-refractivity contribution is -0.384. The smallest absolute Gasteiger partial charge is 0.338 e. The van der Waals surface area contributed by atoms with Crippen LogP contribution >= 0.6 is 0 Å². The van der Waals surface area contributed by atoms with E-state index in [4.69, 9.17) is 4.18 Å². The Morgan fingerprint density at radius 3 is 2.27 bits per heavy atom. The van der Waals surface area contributed by atoms with Gasteiger partial charge in [-0.05, 0) is 17.5 Å². The van der Waals surface area contributed by atoms with Crippen LogP contribution in [0.1, 0.15) is 26.7 Å². The summed E-state index contributed by atoms with van der Waals surface area (Å²) >= 11 is 0. The molecule has 0 spiro atoms. The fraction of sp³-hybridized carbons (Fsp3) is 0.357. The van der Waals surface area contributed by atoms with Crippen LogP contribution in [-0.4, -0.2) is 19.1 Å². The number of rotatable bonds is 4. The number of carbonyl (C=O) groups excluding carboxylic acids is 1. The zero-order valence-corrected chi connectivity index (χ0v) is 12.9. The van der Waals surface area contributed by atoms with E-state index in [1.807, 2.05) is 13.8 Å². The van der Waals surface area contributed by atoms with Crippen molar-refractivity contribution in [2.75, 3.05) is 0 Å². The first-order valence-electron chi connectivity index (χ1n) is 6.51. The molecule has 0 unspecified atom stereocenters. The summed E-state index contributed by atoms with van der Waals surface area (Å²) in [6, 6.07) is 4.37. The largest absolute Gasteiger partial charge is 0.383 e. The van der Waals surface area contributed by atoms with Crippen LogP contribution in [0.2, 0.25) is 0 Å². The summed E-state index contributed by atoms with van der Waals surface area (Å²) in [6.07, 6.45) is 1.84. The molecule has 0 radical (unpaired) electrons. The van der Waals surface area contributed by atoms with Gasteiger partial charge < -0.3 is 4.18 Å². The molecule has 0 heterocycles. The topological polar surface area (TPSA) is 104 Å². The lowest BCUT2D eigenvalue weighted by Gasteiger charge is -2.27. The fourth-order valence-corrected chi connectivity index (χ4v) is 3.22. The second-order valence-corrected chi connectivity index (χ2v) is 7.43. The number of nitrogens with zero attached hydrogens (tertiary/aromatic N) is 1. The molecule has 1 aromatic carbocycles. The van der Waals surface area contributed by atoms with Crippen LogP contribution < -0.4 is 0 Å². The molecular formula is C14H15NO6S. The molecule has 0 aliphatic heterocycles. The molecule has 8 heteroatoms. The lowest BCUT2D eigenvalue weighted by Crippen LogP contribution is -2.23. The number of nitro benzene ring substituents is 1. The summed E-state index contributed by atoms with van der Waals surface area (Å²) in [6.45, 7) is 3.69. The van der Waals surface area contributed by atoms with E-state index in [0.717, 1.165) is 24.3 Å². The molecule has 0 aromatic heterocycles. The Balaban J connectivity index is 2.24. The molecule has 118 valence electrons. The van der Waals surface area contributed by atoms with E-state index in [1.54, 1.807) is 0 Å². The quantitative estimate of drug-likeness (QED) is 0.479. The molecule has 1 aliphatic rings. The Morgan fingerprint density at radius 2 is 1.77 bits per heavy atom. The van der Waals surface area contributed by atoms with Crippen LogP contribution in [0.3, 0.4) is 0 Å². The van der Waals surface area contributed by atoms with Crippen molar-refractivity contribution >= 4 is 21.6 Å². The minimum atomic E-state index is -4.12. The van der Waals surface area contributed by atoms with Gasteiger partial charge in [0.05, 0.1) is 4.92 Å². The second-order valence-electron chi connectivity index (χ2n) is 5.88. The molecule has 0 bridgehead atoms. The summed E-state index contributed by atoms with van der Waals surface area (Å²) in [7, 11) is -4.12. The van der Waals surface area contributed by atoms with Gasteiger partial charge in [-0.15, -0.1) is 0 Å². The highest BCUT2D eigenvalue weighted by Crippen LogP contribution is 2.35. The van der Waals surface area contributed by atoms with Crippen molar-refractivity contribution in [1.82, 2.24) is 0 Å². The maximum absolute atomic E-state index is 12.2. The van der Waals surface area contributed by atoms with Gasteiger partial charge in [-0.1, -0.05) is 13.8 Å².